The summed E-state index contributed by atoms with van der Waals surface area (Å²) in [4.78, 5) is 4.69. The molecule has 0 aliphatic heterocycles. The number of benzene rings is 3. The first-order valence-corrected chi connectivity index (χ1v) is 9.02. The van der Waals surface area contributed by atoms with Crippen molar-refractivity contribution in [3.63, 3.8) is 0 Å². The summed E-state index contributed by atoms with van der Waals surface area (Å²) in [7, 11) is 0. The molecule has 2 nitrogen and oxygen atoms in total. The van der Waals surface area contributed by atoms with Gasteiger partial charge in [-0.1, -0.05) is 65.1 Å². The fourth-order valence-corrected chi connectivity index (χ4v) is 3.25. The number of rotatable bonds is 3. The van der Waals surface area contributed by atoms with Gasteiger partial charge in [0.1, 0.15) is 5.75 Å². The Morgan fingerprint density at radius 3 is 2.23 bits per heavy atom. The Morgan fingerprint density at radius 1 is 0.731 bits per heavy atom. The molecule has 0 aliphatic rings. The lowest BCUT2D eigenvalue weighted by atomic mass is 10.0. The van der Waals surface area contributed by atoms with Gasteiger partial charge < -0.3 is 4.74 Å². The van der Waals surface area contributed by atoms with Crippen LogP contribution in [0, 0.1) is 0 Å². The van der Waals surface area contributed by atoms with Crippen molar-refractivity contribution in [2.45, 2.75) is 0 Å². The first-order chi connectivity index (χ1) is 12.6. The third kappa shape index (κ3) is 3.49. The van der Waals surface area contributed by atoms with Crippen LogP contribution in [0.3, 0.4) is 0 Å². The maximum Gasteiger partial charge on any atom is 0.227 e. The first kappa shape index (κ1) is 17.2. The van der Waals surface area contributed by atoms with Crippen LogP contribution < -0.4 is 4.74 Å². The summed E-state index contributed by atoms with van der Waals surface area (Å²) >= 11 is 18.3. The van der Waals surface area contributed by atoms with Gasteiger partial charge in [0.05, 0.1) is 10.5 Å². The molecule has 0 saturated carbocycles. The molecule has 0 atom stereocenters. The van der Waals surface area contributed by atoms with Crippen molar-refractivity contribution in [3.05, 3.63) is 87.9 Å². The minimum atomic E-state index is 0.425. The third-order valence-corrected chi connectivity index (χ3v) is 4.73. The van der Waals surface area contributed by atoms with Crippen molar-refractivity contribution in [1.82, 2.24) is 4.98 Å². The average molecular weight is 401 g/mol. The van der Waals surface area contributed by atoms with E-state index in [-0.39, 0.29) is 0 Å². The van der Waals surface area contributed by atoms with Crippen LogP contribution >= 0.6 is 34.8 Å². The van der Waals surface area contributed by atoms with Crippen molar-refractivity contribution in [1.29, 1.82) is 0 Å². The molecule has 4 aromatic rings. The molecule has 0 bridgehead atoms. The SMILES string of the molecule is Clc1ccc(-c2cc3ccccc3nc2Oc2ccc(Cl)cc2Cl)cc1. The van der Waals surface area contributed by atoms with Gasteiger partial charge in [-0.05, 0) is 48.0 Å². The number of para-hydroxylation sites is 1. The van der Waals surface area contributed by atoms with Gasteiger partial charge in [0.2, 0.25) is 5.88 Å². The predicted molar refractivity (Wildman–Crippen MR) is 109 cm³/mol. The lowest BCUT2D eigenvalue weighted by molar-refractivity contribution is 0.467. The van der Waals surface area contributed by atoms with Gasteiger partial charge in [-0.2, -0.15) is 0 Å². The topological polar surface area (TPSA) is 22.1 Å². The fraction of sp³-hybridized carbons (Fsp3) is 0. The van der Waals surface area contributed by atoms with Crippen molar-refractivity contribution in [2.75, 3.05) is 0 Å². The zero-order chi connectivity index (χ0) is 18.1. The Bertz CT molecular complexity index is 1090. The van der Waals surface area contributed by atoms with E-state index in [1.165, 1.54) is 0 Å². The molecule has 128 valence electrons. The summed E-state index contributed by atoms with van der Waals surface area (Å²) < 4.78 is 6.05. The molecule has 0 amide bonds. The van der Waals surface area contributed by atoms with Crippen LogP contribution in [-0.2, 0) is 0 Å². The molecule has 0 fully saturated rings. The largest absolute Gasteiger partial charge is 0.437 e. The van der Waals surface area contributed by atoms with E-state index in [1.54, 1.807) is 18.2 Å². The van der Waals surface area contributed by atoms with Crippen LogP contribution in [0.4, 0.5) is 0 Å². The fourth-order valence-electron chi connectivity index (χ4n) is 2.67. The van der Waals surface area contributed by atoms with Crippen LogP contribution in [0.1, 0.15) is 0 Å². The quantitative estimate of drug-likeness (QED) is 0.352. The molecule has 0 radical (unpaired) electrons. The molecule has 5 heteroatoms. The summed E-state index contributed by atoms with van der Waals surface area (Å²) in [5.41, 5.74) is 2.64. The number of pyridine rings is 1. The number of aromatic nitrogens is 1. The molecule has 4 rings (SSSR count). The molecule has 0 N–H and O–H groups in total. The number of halogens is 3. The summed E-state index contributed by atoms with van der Waals surface area (Å²) in [6.07, 6.45) is 0. The highest BCUT2D eigenvalue weighted by Gasteiger charge is 2.13. The summed E-state index contributed by atoms with van der Waals surface area (Å²) in [6, 6.07) is 22.6. The normalized spacial score (nSPS) is 10.9. The van der Waals surface area contributed by atoms with Crippen LogP contribution in [0.2, 0.25) is 15.1 Å². The van der Waals surface area contributed by atoms with Gasteiger partial charge >= 0.3 is 0 Å². The first-order valence-electron chi connectivity index (χ1n) is 7.89. The minimum absolute atomic E-state index is 0.425. The second-order valence-corrected chi connectivity index (χ2v) is 7.00. The van der Waals surface area contributed by atoms with E-state index in [0.29, 0.717) is 26.7 Å². The van der Waals surface area contributed by atoms with E-state index in [1.807, 2.05) is 54.6 Å². The lowest BCUT2D eigenvalue weighted by Crippen LogP contribution is -1.94. The summed E-state index contributed by atoms with van der Waals surface area (Å²) in [6.45, 7) is 0. The molecule has 0 saturated heterocycles. The zero-order valence-corrected chi connectivity index (χ0v) is 15.7. The Morgan fingerprint density at radius 2 is 1.46 bits per heavy atom. The predicted octanol–water partition coefficient (Wildman–Crippen LogP) is 7.65. The zero-order valence-electron chi connectivity index (χ0n) is 13.4. The molecular formula is C21H12Cl3NO. The summed E-state index contributed by atoms with van der Waals surface area (Å²) in [5.74, 6) is 0.962. The van der Waals surface area contributed by atoms with E-state index < -0.39 is 0 Å². The van der Waals surface area contributed by atoms with Gasteiger partial charge in [-0.3, -0.25) is 0 Å². The highest BCUT2D eigenvalue weighted by atomic mass is 35.5. The lowest BCUT2D eigenvalue weighted by Gasteiger charge is -2.13. The Kier molecular flexibility index (Phi) is 4.73. The van der Waals surface area contributed by atoms with Crippen LogP contribution in [0.25, 0.3) is 22.0 Å². The maximum atomic E-state index is 6.26. The smallest absolute Gasteiger partial charge is 0.227 e. The number of nitrogens with zero attached hydrogens (tertiary/aromatic N) is 1. The Hall–Kier alpha value is -2.26. The second kappa shape index (κ2) is 7.16. The number of fused-ring (bicyclic) bond motifs is 1. The standard InChI is InChI=1S/C21H12Cl3NO/c22-15-7-5-13(6-8-15)17-11-14-3-1-2-4-19(14)25-21(17)26-20-10-9-16(23)12-18(20)24/h1-12H. The highest BCUT2D eigenvalue weighted by molar-refractivity contribution is 6.35. The number of ether oxygens (including phenoxy) is 1. The molecular weight excluding hydrogens is 389 g/mol. The van der Waals surface area contributed by atoms with Crippen molar-refractivity contribution >= 4 is 45.7 Å². The molecule has 1 heterocycles. The molecule has 0 aliphatic carbocycles. The van der Waals surface area contributed by atoms with Crippen molar-refractivity contribution in [3.8, 4) is 22.8 Å². The molecule has 26 heavy (non-hydrogen) atoms. The van der Waals surface area contributed by atoms with Crippen LogP contribution in [0.15, 0.2) is 72.8 Å². The third-order valence-electron chi connectivity index (χ3n) is 3.94. The van der Waals surface area contributed by atoms with Gasteiger partial charge in [-0.15, -0.1) is 0 Å². The maximum absolute atomic E-state index is 6.26. The average Bonchev–Trinajstić information content (AvgIpc) is 2.64. The van der Waals surface area contributed by atoms with E-state index in [0.717, 1.165) is 22.0 Å². The van der Waals surface area contributed by atoms with Gasteiger partial charge in [0.15, 0.2) is 0 Å². The van der Waals surface area contributed by atoms with E-state index in [4.69, 9.17) is 39.5 Å². The molecule has 0 unspecified atom stereocenters. The number of hydrogen-bond donors (Lipinski definition) is 0. The monoisotopic (exact) mass is 399 g/mol. The van der Waals surface area contributed by atoms with Gasteiger partial charge in [-0.25, -0.2) is 4.98 Å². The summed E-state index contributed by atoms with van der Waals surface area (Å²) in [5, 5.41) is 2.67. The van der Waals surface area contributed by atoms with E-state index in [2.05, 4.69) is 4.98 Å². The van der Waals surface area contributed by atoms with Gasteiger partial charge in [0.25, 0.3) is 0 Å². The molecule has 0 spiro atoms. The van der Waals surface area contributed by atoms with E-state index in [9.17, 15) is 0 Å². The Labute approximate surface area is 165 Å². The minimum Gasteiger partial charge on any atom is -0.437 e. The van der Waals surface area contributed by atoms with Crippen molar-refractivity contribution < 1.29 is 4.74 Å². The second-order valence-electron chi connectivity index (χ2n) is 5.72. The Balaban J connectivity index is 1.88. The van der Waals surface area contributed by atoms with E-state index >= 15 is 0 Å². The van der Waals surface area contributed by atoms with Crippen LogP contribution in [-0.4, -0.2) is 4.98 Å². The molecule has 3 aromatic carbocycles. The number of hydrogen-bond acceptors (Lipinski definition) is 2. The van der Waals surface area contributed by atoms with Crippen molar-refractivity contribution in [2.24, 2.45) is 0 Å². The van der Waals surface area contributed by atoms with Gasteiger partial charge in [0, 0.05) is 21.0 Å². The van der Waals surface area contributed by atoms with Crippen LogP contribution in [0.5, 0.6) is 11.6 Å². The highest BCUT2D eigenvalue weighted by Crippen LogP contribution is 2.37. The molecule has 1 aromatic heterocycles.